The van der Waals surface area contributed by atoms with Gasteiger partial charge in [0.25, 0.3) is 0 Å². The number of benzene rings is 1. The SMILES string of the molecule is CN=C(NCCc1cc(C)cc(C)c1)NCC(c1ccco1)N(C)C.I. The summed E-state index contributed by atoms with van der Waals surface area (Å²) in [5, 5.41) is 6.77. The Kier molecular flexibility index (Phi) is 9.72. The first-order chi connectivity index (χ1) is 12.0. The molecule has 1 aromatic heterocycles. The first-order valence-electron chi connectivity index (χ1n) is 8.71. The number of furan rings is 1. The highest BCUT2D eigenvalue weighted by atomic mass is 127. The zero-order chi connectivity index (χ0) is 18.2. The number of halogens is 1. The van der Waals surface area contributed by atoms with Crippen molar-refractivity contribution in [2.45, 2.75) is 26.3 Å². The Morgan fingerprint density at radius 2 is 1.85 bits per heavy atom. The quantitative estimate of drug-likeness (QED) is 0.370. The molecule has 0 aliphatic heterocycles. The predicted molar refractivity (Wildman–Crippen MR) is 120 cm³/mol. The Morgan fingerprint density at radius 1 is 1.15 bits per heavy atom. The van der Waals surface area contributed by atoms with E-state index in [2.05, 4.69) is 52.6 Å². The molecule has 0 spiro atoms. The molecule has 1 aromatic carbocycles. The van der Waals surface area contributed by atoms with E-state index in [-0.39, 0.29) is 30.0 Å². The van der Waals surface area contributed by atoms with Crippen molar-refractivity contribution in [3.63, 3.8) is 0 Å². The van der Waals surface area contributed by atoms with Gasteiger partial charge in [0.15, 0.2) is 5.96 Å². The number of nitrogens with one attached hydrogen (secondary N) is 2. The fourth-order valence-corrected chi connectivity index (χ4v) is 2.97. The second-order valence-corrected chi connectivity index (χ2v) is 6.62. The molecular weight excluding hydrogens is 439 g/mol. The van der Waals surface area contributed by atoms with Gasteiger partial charge < -0.3 is 15.1 Å². The Labute approximate surface area is 174 Å². The molecule has 2 aromatic rings. The lowest BCUT2D eigenvalue weighted by molar-refractivity contribution is 0.258. The predicted octanol–water partition coefficient (Wildman–Crippen LogP) is 3.52. The van der Waals surface area contributed by atoms with Gasteiger partial charge in [0.1, 0.15) is 5.76 Å². The number of aliphatic imine (C=N–C) groups is 1. The molecule has 2 rings (SSSR count). The summed E-state index contributed by atoms with van der Waals surface area (Å²) in [4.78, 5) is 6.45. The van der Waals surface area contributed by atoms with Gasteiger partial charge in [-0.1, -0.05) is 29.3 Å². The summed E-state index contributed by atoms with van der Waals surface area (Å²) in [7, 11) is 5.89. The van der Waals surface area contributed by atoms with Crippen LogP contribution in [-0.2, 0) is 6.42 Å². The molecular formula is C20H31IN4O. The summed E-state index contributed by atoms with van der Waals surface area (Å²) in [5.41, 5.74) is 3.97. The number of rotatable bonds is 7. The van der Waals surface area contributed by atoms with E-state index in [1.165, 1.54) is 16.7 Å². The molecule has 144 valence electrons. The van der Waals surface area contributed by atoms with Crippen LogP contribution in [0.4, 0.5) is 0 Å². The van der Waals surface area contributed by atoms with Crippen LogP contribution in [0, 0.1) is 13.8 Å². The fraction of sp³-hybridized carbons (Fsp3) is 0.450. The van der Waals surface area contributed by atoms with Crippen LogP contribution in [0.5, 0.6) is 0 Å². The molecule has 26 heavy (non-hydrogen) atoms. The number of nitrogens with zero attached hydrogens (tertiary/aromatic N) is 2. The topological polar surface area (TPSA) is 52.8 Å². The average Bonchev–Trinajstić information content (AvgIpc) is 3.06. The van der Waals surface area contributed by atoms with Crippen molar-refractivity contribution >= 4 is 29.9 Å². The maximum atomic E-state index is 5.54. The van der Waals surface area contributed by atoms with Crippen LogP contribution in [0.2, 0.25) is 0 Å². The molecule has 0 amide bonds. The van der Waals surface area contributed by atoms with Crippen molar-refractivity contribution in [2.75, 3.05) is 34.2 Å². The smallest absolute Gasteiger partial charge is 0.191 e. The van der Waals surface area contributed by atoms with Gasteiger partial charge in [0.2, 0.25) is 0 Å². The maximum Gasteiger partial charge on any atom is 0.191 e. The van der Waals surface area contributed by atoms with Crippen LogP contribution in [0.3, 0.4) is 0 Å². The van der Waals surface area contributed by atoms with Crippen LogP contribution in [-0.4, -0.2) is 45.1 Å². The van der Waals surface area contributed by atoms with Gasteiger partial charge in [-0.3, -0.25) is 9.89 Å². The Hall–Kier alpha value is -1.54. The second kappa shape index (κ2) is 11.2. The Bertz CT molecular complexity index is 663. The van der Waals surface area contributed by atoms with Crippen LogP contribution in [0.1, 0.15) is 28.5 Å². The summed E-state index contributed by atoms with van der Waals surface area (Å²) in [6.45, 7) is 5.85. The fourth-order valence-electron chi connectivity index (χ4n) is 2.97. The molecule has 0 saturated heterocycles. The molecule has 1 heterocycles. The third-order valence-corrected chi connectivity index (χ3v) is 4.17. The molecule has 6 heteroatoms. The highest BCUT2D eigenvalue weighted by Crippen LogP contribution is 2.17. The van der Waals surface area contributed by atoms with E-state index in [0.29, 0.717) is 0 Å². The van der Waals surface area contributed by atoms with E-state index in [4.69, 9.17) is 4.42 Å². The number of aryl methyl sites for hydroxylation is 2. The summed E-state index contributed by atoms with van der Waals surface area (Å²) >= 11 is 0. The van der Waals surface area contributed by atoms with E-state index in [0.717, 1.165) is 31.2 Å². The molecule has 1 unspecified atom stereocenters. The minimum atomic E-state index is 0. The molecule has 0 saturated carbocycles. The number of hydrogen-bond acceptors (Lipinski definition) is 3. The molecule has 0 radical (unpaired) electrons. The zero-order valence-corrected chi connectivity index (χ0v) is 18.7. The van der Waals surface area contributed by atoms with E-state index in [9.17, 15) is 0 Å². The minimum absolute atomic E-state index is 0. The van der Waals surface area contributed by atoms with Gasteiger partial charge in [-0.2, -0.15) is 0 Å². The van der Waals surface area contributed by atoms with Gasteiger partial charge in [0.05, 0.1) is 12.3 Å². The van der Waals surface area contributed by atoms with Crippen molar-refractivity contribution in [3.8, 4) is 0 Å². The molecule has 0 aliphatic carbocycles. The van der Waals surface area contributed by atoms with Crippen LogP contribution >= 0.6 is 24.0 Å². The highest BCUT2D eigenvalue weighted by molar-refractivity contribution is 14.0. The van der Waals surface area contributed by atoms with Gasteiger partial charge >= 0.3 is 0 Å². The average molecular weight is 470 g/mol. The Morgan fingerprint density at radius 3 is 2.38 bits per heavy atom. The second-order valence-electron chi connectivity index (χ2n) is 6.62. The van der Waals surface area contributed by atoms with Crippen molar-refractivity contribution in [3.05, 3.63) is 59.0 Å². The molecule has 0 aliphatic rings. The van der Waals surface area contributed by atoms with E-state index < -0.39 is 0 Å². The molecule has 0 fully saturated rings. The lowest BCUT2D eigenvalue weighted by atomic mass is 10.1. The molecule has 2 N–H and O–H groups in total. The van der Waals surface area contributed by atoms with Crippen LogP contribution in [0.25, 0.3) is 0 Å². The number of guanidine groups is 1. The normalized spacial score (nSPS) is 12.6. The van der Waals surface area contributed by atoms with Crippen LogP contribution < -0.4 is 10.6 Å². The van der Waals surface area contributed by atoms with Crippen molar-refractivity contribution < 1.29 is 4.42 Å². The maximum absolute atomic E-state index is 5.54. The molecule has 1 atom stereocenters. The third kappa shape index (κ3) is 6.99. The van der Waals surface area contributed by atoms with Gasteiger partial charge in [-0.25, -0.2) is 0 Å². The number of hydrogen-bond donors (Lipinski definition) is 2. The Balaban J connectivity index is 0.00000338. The highest BCUT2D eigenvalue weighted by Gasteiger charge is 2.17. The largest absolute Gasteiger partial charge is 0.468 e. The minimum Gasteiger partial charge on any atom is -0.468 e. The molecule has 0 bridgehead atoms. The van der Waals surface area contributed by atoms with Gasteiger partial charge in [0, 0.05) is 20.1 Å². The summed E-state index contributed by atoms with van der Waals surface area (Å²) in [5.74, 6) is 1.76. The third-order valence-electron chi connectivity index (χ3n) is 4.17. The monoisotopic (exact) mass is 470 g/mol. The summed E-state index contributed by atoms with van der Waals surface area (Å²) in [6.07, 6.45) is 2.68. The van der Waals surface area contributed by atoms with E-state index in [1.54, 1.807) is 13.3 Å². The lowest BCUT2D eigenvalue weighted by Gasteiger charge is -2.23. The number of likely N-dealkylation sites (N-methyl/N-ethyl adjacent to an activating group) is 1. The summed E-state index contributed by atoms with van der Waals surface area (Å²) < 4.78 is 5.54. The van der Waals surface area contributed by atoms with Crippen molar-refractivity contribution in [1.82, 2.24) is 15.5 Å². The van der Waals surface area contributed by atoms with E-state index in [1.807, 2.05) is 26.2 Å². The molecule has 5 nitrogen and oxygen atoms in total. The van der Waals surface area contributed by atoms with E-state index >= 15 is 0 Å². The zero-order valence-electron chi connectivity index (χ0n) is 16.4. The summed E-state index contributed by atoms with van der Waals surface area (Å²) in [6, 6.07) is 10.8. The van der Waals surface area contributed by atoms with Crippen molar-refractivity contribution in [1.29, 1.82) is 0 Å². The van der Waals surface area contributed by atoms with Gasteiger partial charge in [-0.15, -0.1) is 24.0 Å². The van der Waals surface area contributed by atoms with Crippen molar-refractivity contribution in [2.24, 2.45) is 4.99 Å². The van der Waals surface area contributed by atoms with Crippen LogP contribution in [0.15, 0.2) is 46.0 Å². The first-order valence-corrected chi connectivity index (χ1v) is 8.71. The standard InChI is InChI=1S/C20H30N4O.HI/c1-15-11-16(2)13-17(12-15)8-9-22-20(21-3)23-14-18(24(4)5)19-7-6-10-25-19;/h6-7,10-13,18H,8-9,14H2,1-5H3,(H2,21,22,23);1H. The lowest BCUT2D eigenvalue weighted by Crippen LogP contribution is -2.42. The first kappa shape index (κ1) is 22.5. The van der Waals surface area contributed by atoms with Gasteiger partial charge in [-0.05, 0) is 52.1 Å².